The summed E-state index contributed by atoms with van der Waals surface area (Å²) in [4.78, 5) is 40.0. The first-order valence-electron chi connectivity index (χ1n) is 11.4. The first kappa shape index (κ1) is 25.8. The molecule has 0 radical (unpaired) electrons. The van der Waals surface area contributed by atoms with Gasteiger partial charge in [-0.25, -0.2) is 4.79 Å². The van der Waals surface area contributed by atoms with Gasteiger partial charge in [0, 0.05) is 11.3 Å². The molecular formula is C28H24ClNO7. The highest BCUT2D eigenvalue weighted by Gasteiger charge is 2.47. The van der Waals surface area contributed by atoms with Gasteiger partial charge < -0.3 is 19.7 Å². The highest BCUT2D eigenvalue weighted by atomic mass is 35.5. The molecule has 0 bridgehead atoms. The van der Waals surface area contributed by atoms with Crippen molar-refractivity contribution in [3.8, 4) is 11.5 Å². The van der Waals surface area contributed by atoms with Gasteiger partial charge in [-0.15, -0.1) is 0 Å². The molecule has 1 aliphatic heterocycles. The number of hydrogen-bond donors (Lipinski definition) is 2. The van der Waals surface area contributed by atoms with Crippen molar-refractivity contribution in [3.63, 3.8) is 0 Å². The molecule has 1 saturated heterocycles. The maximum atomic E-state index is 13.3. The number of Topliss-reactive ketones (excluding diaryl/α,β-unsaturated/α-hetero) is 1. The fourth-order valence-electron chi connectivity index (χ4n) is 4.08. The summed E-state index contributed by atoms with van der Waals surface area (Å²) in [6.45, 7) is 3.47. The van der Waals surface area contributed by atoms with Crippen LogP contribution in [0.3, 0.4) is 0 Å². The zero-order valence-electron chi connectivity index (χ0n) is 20.3. The van der Waals surface area contributed by atoms with Gasteiger partial charge in [-0.1, -0.05) is 23.7 Å². The molecule has 0 aromatic heterocycles. The number of halogens is 1. The summed E-state index contributed by atoms with van der Waals surface area (Å²) < 4.78 is 10.4. The van der Waals surface area contributed by atoms with Crippen molar-refractivity contribution in [2.45, 2.75) is 26.0 Å². The van der Waals surface area contributed by atoms with Gasteiger partial charge in [-0.2, -0.15) is 0 Å². The minimum atomic E-state index is -1.02. The van der Waals surface area contributed by atoms with Gasteiger partial charge in [0.05, 0.1) is 35.4 Å². The highest BCUT2D eigenvalue weighted by Crippen LogP contribution is 2.43. The first-order chi connectivity index (χ1) is 17.6. The molecule has 4 rings (SSSR count). The van der Waals surface area contributed by atoms with Crippen LogP contribution in [0.1, 0.15) is 41.4 Å². The summed E-state index contributed by atoms with van der Waals surface area (Å²) in [5.74, 6) is -2.32. The van der Waals surface area contributed by atoms with Gasteiger partial charge in [-0.3, -0.25) is 14.5 Å². The molecule has 0 spiro atoms. The molecule has 37 heavy (non-hydrogen) atoms. The average Bonchev–Trinajstić information content (AvgIpc) is 3.14. The molecule has 8 nitrogen and oxygen atoms in total. The van der Waals surface area contributed by atoms with E-state index in [1.807, 2.05) is 0 Å². The molecule has 1 aliphatic rings. The first-order valence-corrected chi connectivity index (χ1v) is 11.7. The van der Waals surface area contributed by atoms with Crippen LogP contribution in [-0.2, 0) is 14.3 Å². The predicted octanol–water partition coefficient (Wildman–Crippen LogP) is 5.25. The van der Waals surface area contributed by atoms with Gasteiger partial charge in [0.25, 0.3) is 11.7 Å². The van der Waals surface area contributed by atoms with Crippen LogP contribution in [0.2, 0.25) is 5.02 Å². The van der Waals surface area contributed by atoms with Crippen LogP contribution in [0.25, 0.3) is 5.76 Å². The van der Waals surface area contributed by atoms with E-state index in [9.17, 15) is 24.6 Å². The van der Waals surface area contributed by atoms with Gasteiger partial charge in [0.1, 0.15) is 17.3 Å². The van der Waals surface area contributed by atoms with E-state index < -0.39 is 29.5 Å². The molecule has 1 heterocycles. The maximum absolute atomic E-state index is 13.3. The number of aromatic hydroxyl groups is 1. The predicted molar refractivity (Wildman–Crippen MR) is 138 cm³/mol. The molecule has 2 N–H and O–H groups in total. The van der Waals surface area contributed by atoms with Crippen molar-refractivity contribution in [2.24, 2.45) is 0 Å². The topological polar surface area (TPSA) is 113 Å². The Kier molecular flexibility index (Phi) is 7.22. The SMILES string of the molecule is COc1ccc(/C(O)=C2/C(=O)C(=O)N(c3ccc(C(=O)OC(C)C)cc3)C2c2ccc(O)cc2)cc1Cl. The van der Waals surface area contributed by atoms with Crippen LogP contribution >= 0.6 is 11.6 Å². The van der Waals surface area contributed by atoms with Gasteiger partial charge in [0.15, 0.2) is 0 Å². The number of rotatable bonds is 6. The lowest BCUT2D eigenvalue weighted by Gasteiger charge is -2.25. The van der Waals surface area contributed by atoms with Crippen LogP contribution < -0.4 is 9.64 Å². The van der Waals surface area contributed by atoms with Crippen molar-refractivity contribution in [1.82, 2.24) is 0 Å². The fraction of sp³-hybridized carbons (Fsp3) is 0.179. The second kappa shape index (κ2) is 10.4. The minimum Gasteiger partial charge on any atom is -0.508 e. The number of methoxy groups -OCH3 is 1. The Balaban J connectivity index is 1.84. The summed E-state index contributed by atoms with van der Waals surface area (Å²) in [5, 5.41) is 21.2. The summed E-state index contributed by atoms with van der Waals surface area (Å²) in [6.07, 6.45) is -0.300. The molecule has 1 fully saturated rings. The molecule has 3 aromatic carbocycles. The van der Waals surface area contributed by atoms with Crippen LogP contribution in [-0.4, -0.2) is 41.1 Å². The number of carbonyl (C=O) groups is 3. The van der Waals surface area contributed by atoms with E-state index in [4.69, 9.17) is 21.1 Å². The molecule has 1 amide bonds. The number of phenols is 1. The number of ether oxygens (including phenoxy) is 2. The second-order valence-electron chi connectivity index (χ2n) is 8.61. The number of anilines is 1. The molecular weight excluding hydrogens is 498 g/mol. The number of nitrogens with zero attached hydrogens (tertiary/aromatic N) is 1. The standard InChI is InChI=1S/C28H24ClNO7/c1-15(2)37-28(35)17-4-9-19(10-5-17)30-24(16-6-11-20(31)12-7-16)23(26(33)27(30)34)25(32)18-8-13-22(36-3)21(29)14-18/h4-15,24,31-32H,1-3H3/b25-23-. The molecule has 1 unspecified atom stereocenters. The molecule has 9 heteroatoms. The van der Waals surface area contributed by atoms with Crippen LogP contribution in [0.5, 0.6) is 11.5 Å². The van der Waals surface area contributed by atoms with Crippen molar-refractivity contribution >= 4 is 40.7 Å². The number of aliphatic hydroxyl groups excluding tert-OH is 1. The Morgan fingerprint density at radius 2 is 1.59 bits per heavy atom. The molecule has 1 atom stereocenters. The van der Waals surface area contributed by atoms with Crippen LogP contribution in [0.4, 0.5) is 5.69 Å². The molecule has 3 aromatic rings. The zero-order chi connectivity index (χ0) is 26.9. The monoisotopic (exact) mass is 521 g/mol. The molecule has 190 valence electrons. The number of esters is 1. The summed E-state index contributed by atoms with van der Waals surface area (Å²) >= 11 is 6.23. The number of benzene rings is 3. The van der Waals surface area contributed by atoms with Crippen LogP contribution in [0.15, 0.2) is 72.3 Å². The lowest BCUT2D eigenvalue weighted by atomic mass is 9.95. The van der Waals surface area contributed by atoms with E-state index >= 15 is 0 Å². The normalized spacial score (nSPS) is 16.8. The summed E-state index contributed by atoms with van der Waals surface area (Å²) in [7, 11) is 1.45. The quantitative estimate of drug-likeness (QED) is 0.197. The third-order valence-corrected chi connectivity index (χ3v) is 6.10. The molecule has 0 saturated carbocycles. The highest BCUT2D eigenvalue weighted by molar-refractivity contribution is 6.51. The van der Waals surface area contributed by atoms with Gasteiger partial charge in [0.2, 0.25) is 0 Å². The number of amides is 1. The largest absolute Gasteiger partial charge is 0.508 e. The Bertz CT molecular complexity index is 1400. The zero-order valence-corrected chi connectivity index (χ0v) is 21.0. The van der Waals surface area contributed by atoms with E-state index in [2.05, 4.69) is 0 Å². The Hall–Kier alpha value is -4.30. The van der Waals surface area contributed by atoms with E-state index in [1.165, 1.54) is 66.6 Å². The Labute approximate surface area is 218 Å². The molecule has 0 aliphatic carbocycles. The van der Waals surface area contributed by atoms with Crippen molar-refractivity contribution in [2.75, 3.05) is 12.0 Å². The van der Waals surface area contributed by atoms with Gasteiger partial charge >= 0.3 is 5.97 Å². The smallest absolute Gasteiger partial charge is 0.338 e. The number of ketones is 1. The lowest BCUT2D eigenvalue weighted by Crippen LogP contribution is -2.29. The number of phenolic OH excluding ortho intramolecular Hbond substituents is 1. The third kappa shape index (κ3) is 5.01. The Morgan fingerprint density at radius 3 is 2.16 bits per heavy atom. The number of hydrogen-bond acceptors (Lipinski definition) is 7. The minimum absolute atomic E-state index is 0.00402. The van der Waals surface area contributed by atoms with E-state index in [1.54, 1.807) is 26.0 Å². The van der Waals surface area contributed by atoms with Crippen molar-refractivity contribution in [3.05, 3.63) is 94.0 Å². The number of aliphatic hydroxyl groups is 1. The van der Waals surface area contributed by atoms with E-state index in [0.717, 1.165) is 0 Å². The third-order valence-electron chi connectivity index (χ3n) is 5.80. The second-order valence-corrected chi connectivity index (χ2v) is 9.02. The van der Waals surface area contributed by atoms with Gasteiger partial charge in [-0.05, 0) is 74.0 Å². The summed E-state index contributed by atoms with van der Waals surface area (Å²) in [5.41, 5.74) is 1.15. The fourth-order valence-corrected chi connectivity index (χ4v) is 4.34. The lowest BCUT2D eigenvalue weighted by molar-refractivity contribution is -0.132. The average molecular weight is 522 g/mol. The van der Waals surface area contributed by atoms with Crippen molar-refractivity contribution < 1.29 is 34.1 Å². The van der Waals surface area contributed by atoms with Crippen LogP contribution in [0, 0.1) is 0 Å². The van der Waals surface area contributed by atoms with E-state index in [-0.39, 0.29) is 33.6 Å². The summed E-state index contributed by atoms with van der Waals surface area (Å²) in [6, 6.07) is 15.5. The Morgan fingerprint density at radius 1 is 0.973 bits per heavy atom. The number of carbonyl (C=O) groups excluding carboxylic acids is 3. The van der Waals surface area contributed by atoms with Crippen molar-refractivity contribution in [1.29, 1.82) is 0 Å². The van der Waals surface area contributed by atoms with E-state index in [0.29, 0.717) is 17.0 Å². The maximum Gasteiger partial charge on any atom is 0.338 e.